The molecule has 0 saturated carbocycles. The Morgan fingerprint density at radius 3 is 1.25 bits per heavy atom. The fourth-order valence-corrected chi connectivity index (χ4v) is 0. The lowest BCUT2D eigenvalue weighted by atomic mass is 11.0. The predicted octanol–water partition coefficient (Wildman–Crippen LogP) is -0.462. The Bertz CT molecular complexity index is 58.8. The van der Waals surface area contributed by atoms with Crippen molar-refractivity contribution >= 4 is 8.25 Å². The molecule has 0 spiro atoms. The van der Waals surface area contributed by atoms with E-state index < -0.39 is 8.25 Å². The van der Waals surface area contributed by atoms with Crippen molar-refractivity contribution in [3.05, 3.63) is 0 Å². The van der Waals surface area contributed by atoms with Crippen molar-refractivity contribution in [2.45, 2.75) is 0 Å². The summed E-state index contributed by atoms with van der Waals surface area (Å²) in [6.45, 7) is 0. The predicted molar refractivity (Wildman–Crippen MR) is 33.1 cm³/mol. The van der Waals surface area contributed by atoms with Gasteiger partial charge in [-0.25, -0.2) is 0 Å². The molecule has 0 heterocycles. The van der Waals surface area contributed by atoms with Crippen molar-refractivity contribution in [1.29, 1.82) is 0 Å². The monoisotopic (exact) mass is 141 g/mol. The van der Waals surface area contributed by atoms with Gasteiger partial charge < -0.3 is 14.7 Å². The van der Waals surface area contributed by atoms with Crippen LogP contribution in [0, 0.1) is 0 Å². The van der Waals surface area contributed by atoms with Crippen LogP contribution in [-0.4, -0.2) is 35.8 Å². The Labute approximate surface area is 49.7 Å². The third kappa shape index (κ3) is 13200. The van der Waals surface area contributed by atoms with Crippen LogP contribution in [0.3, 0.4) is 0 Å². The van der Waals surface area contributed by atoms with Crippen LogP contribution in [0.25, 0.3) is 0 Å². The van der Waals surface area contributed by atoms with Gasteiger partial charge in [0.05, 0.1) is 0 Å². The molecule has 0 saturated heterocycles. The average molecular weight is 141 g/mol. The largest absolute Gasteiger partial charge is 0.326 e. The summed E-state index contributed by atoms with van der Waals surface area (Å²) in [4.78, 5) is 16.3. The highest BCUT2D eigenvalue weighted by Crippen LogP contribution is 1.98. The van der Waals surface area contributed by atoms with Crippen LogP contribution in [0.2, 0.25) is 0 Å². The van der Waals surface area contributed by atoms with Gasteiger partial charge in [-0.2, -0.15) is 0 Å². The molecule has 0 aromatic carbocycles. The SMILES string of the molecule is CN(C)C.O=[PH](O)O. The summed E-state index contributed by atoms with van der Waals surface area (Å²) < 4.78 is 8.74. The van der Waals surface area contributed by atoms with Gasteiger partial charge in [0.2, 0.25) is 0 Å². The molecule has 2 N–H and O–H groups in total. The summed E-state index contributed by atoms with van der Waals surface area (Å²) in [5.41, 5.74) is 0. The molecule has 0 atom stereocenters. The Kier molecular flexibility index (Phi) is 9.76. The van der Waals surface area contributed by atoms with Gasteiger partial charge in [-0.05, 0) is 21.1 Å². The topological polar surface area (TPSA) is 60.8 Å². The van der Waals surface area contributed by atoms with Crippen molar-refractivity contribution in [1.82, 2.24) is 4.90 Å². The van der Waals surface area contributed by atoms with E-state index in [9.17, 15) is 0 Å². The van der Waals surface area contributed by atoms with Gasteiger partial charge in [0.15, 0.2) is 0 Å². The van der Waals surface area contributed by atoms with Gasteiger partial charge in [-0.1, -0.05) is 0 Å². The zero-order valence-corrected chi connectivity index (χ0v) is 6.25. The van der Waals surface area contributed by atoms with Crippen LogP contribution in [0.5, 0.6) is 0 Å². The smallest absolute Gasteiger partial charge is 0.314 e. The highest BCUT2D eigenvalue weighted by Gasteiger charge is 1.61. The lowest BCUT2D eigenvalue weighted by Gasteiger charge is -1.90. The van der Waals surface area contributed by atoms with E-state index in [0.29, 0.717) is 0 Å². The van der Waals surface area contributed by atoms with E-state index in [1.54, 1.807) is 0 Å². The molecule has 5 heteroatoms. The normalized spacial score (nSPS) is 8.88. The van der Waals surface area contributed by atoms with Crippen LogP contribution in [0.1, 0.15) is 0 Å². The minimum atomic E-state index is -3.13. The molecule has 0 aliphatic carbocycles. The van der Waals surface area contributed by atoms with Crippen molar-refractivity contribution in [3.8, 4) is 0 Å². The molecule has 0 bridgehead atoms. The average Bonchev–Trinajstić information content (AvgIpc) is 1.25. The van der Waals surface area contributed by atoms with Crippen LogP contribution in [-0.2, 0) is 4.57 Å². The Hall–Kier alpha value is 0.110. The van der Waals surface area contributed by atoms with E-state index in [2.05, 4.69) is 0 Å². The molecule has 0 fully saturated rings. The number of hydrogen-bond acceptors (Lipinski definition) is 2. The summed E-state index contributed by atoms with van der Waals surface area (Å²) in [5.74, 6) is 0. The summed E-state index contributed by atoms with van der Waals surface area (Å²) in [5, 5.41) is 0. The molecule has 8 heavy (non-hydrogen) atoms. The Morgan fingerprint density at radius 1 is 1.25 bits per heavy atom. The lowest BCUT2D eigenvalue weighted by Crippen LogP contribution is -1.99. The van der Waals surface area contributed by atoms with Crippen LogP contribution < -0.4 is 0 Å². The van der Waals surface area contributed by atoms with Crippen LogP contribution in [0.15, 0.2) is 0 Å². The molecule has 0 aromatic rings. The maximum absolute atomic E-state index is 8.74. The van der Waals surface area contributed by atoms with E-state index in [4.69, 9.17) is 14.4 Å². The highest BCUT2D eigenvalue weighted by atomic mass is 31.1. The van der Waals surface area contributed by atoms with Gasteiger partial charge in [0.1, 0.15) is 0 Å². The lowest BCUT2D eigenvalue weighted by molar-refractivity contribution is 0.405. The maximum atomic E-state index is 8.74. The van der Waals surface area contributed by atoms with E-state index >= 15 is 0 Å². The molecular weight excluding hydrogens is 129 g/mol. The molecule has 52 valence electrons. The number of hydrogen-bond donors (Lipinski definition) is 2. The molecular formula is C3H12NO3P. The minimum absolute atomic E-state index is 2.00. The molecule has 0 aliphatic rings. The number of nitrogens with zero attached hydrogens (tertiary/aromatic N) is 1. The summed E-state index contributed by atoms with van der Waals surface area (Å²) in [6, 6.07) is 0. The molecule has 0 amide bonds. The number of rotatable bonds is 0. The summed E-state index contributed by atoms with van der Waals surface area (Å²) >= 11 is 0. The van der Waals surface area contributed by atoms with Crippen molar-refractivity contribution in [3.63, 3.8) is 0 Å². The second-order valence-electron chi connectivity index (χ2n) is 1.62. The first-order valence-electron chi connectivity index (χ1n) is 1.99. The second-order valence-corrected chi connectivity index (χ2v) is 2.19. The van der Waals surface area contributed by atoms with Gasteiger partial charge in [0, 0.05) is 0 Å². The van der Waals surface area contributed by atoms with E-state index in [1.807, 2.05) is 26.0 Å². The molecule has 0 unspecified atom stereocenters. The maximum Gasteiger partial charge on any atom is 0.314 e. The van der Waals surface area contributed by atoms with Gasteiger partial charge >= 0.3 is 8.25 Å². The van der Waals surface area contributed by atoms with Gasteiger partial charge in [0.25, 0.3) is 0 Å². The molecule has 0 aliphatic heterocycles. The molecule has 4 nitrogen and oxygen atoms in total. The minimum Gasteiger partial charge on any atom is -0.326 e. The van der Waals surface area contributed by atoms with Gasteiger partial charge in [-0.3, -0.25) is 4.57 Å². The summed E-state index contributed by atoms with van der Waals surface area (Å²) in [6.07, 6.45) is 0. The first-order valence-corrected chi connectivity index (χ1v) is 3.30. The molecule has 0 aromatic heterocycles. The summed E-state index contributed by atoms with van der Waals surface area (Å²) in [7, 11) is 2.87. The highest BCUT2D eigenvalue weighted by molar-refractivity contribution is 7.30. The van der Waals surface area contributed by atoms with Crippen molar-refractivity contribution in [2.24, 2.45) is 0 Å². The Balaban J connectivity index is 0. The zero-order chi connectivity index (χ0) is 7.15. The van der Waals surface area contributed by atoms with E-state index in [0.717, 1.165) is 0 Å². The van der Waals surface area contributed by atoms with E-state index in [1.165, 1.54) is 0 Å². The standard InChI is InChI=1S/C3H9N.H3O3P/c2*1-4(2)3/h1-3H3;4H,(H2,1,2,3). The van der Waals surface area contributed by atoms with Crippen molar-refractivity contribution < 1.29 is 14.4 Å². The van der Waals surface area contributed by atoms with Crippen molar-refractivity contribution in [2.75, 3.05) is 21.1 Å². The Morgan fingerprint density at radius 2 is 1.25 bits per heavy atom. The fraction of sp³-hybridized carbons (Fsp3) is 1.00. The van der Waals surface area contributed by atoms with E-state index in [-0.39, 0.29) is 0 Å². The second kappa shape index (κ2) is 7.11. The van der Waals surface area contributed by atoms with Crippen LogP contribution >= 0.6 is 8.25 Å². The first kappa shape index (κ1) is 11.0. The van der Waals surface area contributed by atoms with Gasteiger partial charge in [-0.15, -0.1) is 0 Å². The molecule has 0 radical (unpaired) electrons. The zero-order valence-electron chi connectivity index (χ0n) is 5.25. The third-order valence-electron chi connectivity index (χ3n) is 0. The molecule has 0 rings (SSSR count). The van der Waals surface area contributed by atoms with Crippen LogP contribution in [0.4, 0.5) is 0 Å². The fourth-order valence-electron chi connectivity index (χ4n) is 0. The first-order chi connectivity index (χ1) is 3.46. The quantitative estimate of drug-likeness (QED) is 0.448. The third-order valence-corrected chi connectivity index (χ3v) is 0.